The average Bonchev–Trinajstić information content (AvgIpc) is 3.16. The fraction of sp³-hybridized carbons (Fsp3) is 0.500. The summed E-state index contributed by atoms with van der Waals surface area (Å²) in [4.78, 5) is 15.3. The first-order valence-corrected chi connectivity index (χ1v) is 11.7. The summed E-state index contributed by atoms with van der Waals surface area (Å²) in [6, 6.07) is 16.5. The largest absolute Gasteiger partial charge is 0.370 e. The van der Waals surface area contributed by atoms with Crippen molar-refractivity contribution in [2.75, 3.05) is 18.0 Å². The number of anilines is 1. The lowest BCUT2D eigenvalue weighted by molar-refractivity contribution is 0.0873. The number of carbonyl (C=O) groups excluding carboxylic acids is 1. The molecule has 0 aromatic heterocycles. The Morgan fingerprint density at radius 2 is 1.74 bits per heavy atom. The molecule has 0 saturated carbocycles. The monoisotopic (exact) mass is 439 g/mol. The van der Waals surface area contributed by atoms with Crippen molar-refractivity contribution >= 4 is 23.2 Å². The maximum Gasteiger partial charge on any atom is 0.251 e. The third-order valence-corrected chi connectivity index (χ3v) is 6.84. The number of hydrogen-bond acceptors (Lipinski definition) is 3. The van der Waals surface area contributed by atoms with Crippen molar-refractivity contribution in [1.82, 2.24) is 10.6 Å². The quantitative estimate of drug-likeness (QED) is 0.672. The van der Waals surface area contributed by atoms with Gasteiger partial charge < -0.3 is 15.5 Å². The highest BCUT2D eigenvalue weighted by atomic mass is 35.5. The van der Waals surface area contributed by atoms with Gasteiger partial charge in [0.15, 0.2) is 0 Å². The summed E-state index contributed by atoms with van der Waals surface area (Å²) < 4.78 is 0. The van der Waals surface area contributed by atoms with Crippen LogP contribution in [0.25, 0.3) is 0 Å². The van der Waals surface area contributed by atoms with Gasteiger partial charge in [-0.2, -0.15) is 0 Å². The van der Waals surface area contributed by atoms with E-state index in [1.54, 1.807) is 0 Å². The zero-order valence-electron chi connectivity index (χ0n) is 19.0. The fourth-order valence-corrected chi connectivity index (χ4v) is 5.87. The average molecular weight is 440 g/mol. The fourth-order valence-electron chi connectivity index (χ4n) is 5.57. The molecule has 0 spiro atoms. The Balaban J connectivity index is 1.42. The minimum absolute atomic E-state index is 0.00769. The summed E-state index contributed by atoms with van der Waals surface area (Å²) in [7, 11) is 0. The van der Waals surface area contributed by atoms with Crippen LogP contribution in [-0.2, 0) is 0 Å². The van der Waals surface area contributed by atoms with E-state index in [0.717, 1.165) is 38.0 Å². The van der Waals surface area contributed by atoms with Crippen molar-refractivity contribution in [2.45, 2.75) is 70.0 Å². The smallest absolute Gasteiger partial charge is 0.251 e. The molecule has 2 aliphatic heterocycles. The number of nitrogens with zero attached hydrogens (tertiary/aromatic N) is 1. The molecule has 2 aromatic rings. The molecule has 2 fully saturated rings. The summed E-state index contributed by atoms with van der Waals surface area (Å²) in [5, 5.41) is 7.55. The van der Waals surface area contributed by atoms with Gasteiger partial charge in [0.2, 0.25) is 0 Å². The number of carbonyl (C=O) groups is 1. The first kappa shape index (κ1) is 22.2. The Bertz CT molecular complexity index is 925. The molecule has 2 aromatic carbocycles. The van der Waals surface area contributed by atoms with E-state index in [-0.39, 0.29) is 23.0 Å². The molecule has 4 nitrogen and oxygen atoms in total. The third kappa shape index (κ3) is 5.24. The van der Waals surface area contributed by atoms with E-state index in [1.807, 2.05) is 18.2 Å². The van der Waals surface area contributed by atoms with Gasteiger partial charge in [-0.05, 0) is 70.7 Å². The van der Waals surface area contributed by atoms with Gasteiger partial charge in [-0.1, -0.05) is 41.9 Å². The molecule has 1 atom stereocenters. The second kappa shape index (κ2) is 8.48. The maximum absolute atomic E-state index is 13.0. The van der Waals surface area contributed by atoms with Crippen molar-refractivity contribution in [1.29, 1.82) is 0 Å². The van der Waals surface area contributed by atoms with Gasteiger partial charge in [0.25, 0.3) is 5.91 Å². The van der Waals surface area contributed by atoms with Crippen LogP contribution in [0.5, 0.6) is 0 Å². The maximum atomic E-state index is 13.0. The first-order chi connectivity index (χ1) is 14.6. The Morgan fingerprint density at radius 1 is 1.06 bits per heavy atom. The minimum atomic E-state index is -0.0458. The molecule has 31 heavy (non-hydrogen) atoms. The summed E-state index contributed by atoms with van der Waals surface area (Å²) in [6.45, 7) is 10.7. The standard InChI is InChI=1S/C26H34ClN3O/c1-25(2)15-21(16-26(3,4)29-25)28-24(31)19-10-11-23(22(27)14-19)30-13-12-20(17-30)18-8-6-5-7-9-18/h5-11,14,20-21,29H,12-13,15-17H2,1-4H3,(H,28,31). The second-order valence-corrected chi connectivity index (χ2v) is 10.9. The van der Waals surface area contributed by atoms with Crippen LogP contribution in [-0.4, -0.2) is 36.1 Å². The highest BCUT2D eigenvalue weighted by Gasteiger charge is 2.38. The summed E-state index contributed by atoms with van der Waals surface area (Å²) in [6.07, 6.45) is 2.93. The van der Waals surface area contributed by atoms with Crippen molar-refractivity contribution in [3.63, 3.8) is 0 Å². The third-order valence-electron chi connectivity index (χ3n) is 6.54. The molecule has 2 heterocycles. The molecular formula is C26H34ClN3O. The van der Waals surface area contributed by atoms with Crippen LogP contribution in [0.2, 0.25) is 5.02 Å². The van der Waals surface area contributed by atoms with E-state index in [1.165, 1.54) is 5.56 Å². The zero-order chi connectivity index (χ0) is 22.2. The highest BCUT2D eigenvalue weighted by Crippen LogP contribution is 2.35. The van der Waals surface area contributed by atoms with Gasteiger partial charge in [-0.25, -0.2) is 0 Å². The molecule has 0 aliphatic carbocycles. The molecule has 0 radical (unpaired) electrons. The number of benzene rings is 2. The Labute approximate surface area is 191 Å². The van der Waals surface area contributed by atoms with Crippen LogP contribution in [0.1, 0.15) is 68.8 Å². The van der Waals surface area contributed by atoms with Crippen molar-refractivity contribution in [3.8, 4) is 0 Å². The van der Waals surface area contributed by atoms with Crippen LogP contribution < -0.4 is 15.5 Å². The van der Waals surface area contributed by atoms with Gasteiger partial charge in [-0.15, -0.1) is 0 Å². The van der Waals surface area contributed by atoms with Gasteiger partial charge >= 0.3 is 0 Å². The zero-order valence-corrected chi connectivity index (χ0v) is 19.8. The van der Waals surface area contributed by atoms with E-state index >= 15 is 0 Å². The van der Waals surface area contributed by atoms with Gasteiger partial charge in [-0.3, -0.25) is 4.79 Å². The SMILES string of the molecule is CC1(C)CC(NC(=O)c2ccc(N3CCC(c4ccccc4)C3)c(Cl)c2)CC(C)(C)N1. The minimum Gasteiger partial charge on any atom is -0.370 e. The van der Waals surface area contributed by atoms with Crippen LogP contribution in [0, 0.1) is 0 Å². The van der Waals surface area contributed by atoms with Crippen LogP contribution in [0.4, 0.5) is 5.69 Å². The predicted octanol–water partition coefficient (Wildman–Crippen LogP) is 5.37. The van der Waals surface area contributed by atoms with Crippen LogP contribution in [0.3, 0.4) is 0 Å². The Hall–Kier alpha value is -2.04. The first-order valence-electron chi connectivity index (χ1n) is 11.3. The number of rotatable bonds is 4. The van der Waals surface area contributed by atoms with E-state index in [0.29, 0.717) is 16.5 Å². The van der Waals surface area contributed by atoms with Gasteiger partial charge in [0.05, 0.1) is 10.7 Å². The summed E-state index contributed by atoms with van der Waals surface area (Å²) >= 11 is 6.65. The van der Waals surface area contributed by atoms with E-state index < -0.39 is 0 Å². The number of piperidine rings is 1. The lowest BCUT2D eigenvalue weighted by atomic mass is 9.79. The molecule has 1 unspecified atom stereocenters. The molecule has 166 valence electrons. The molecule has 2 N–H and O–H groups in total. The number of halogens is 1. The molecule has 1 amide bonds. The van der Waals surface area contributed by atoms with Crippen molar-refractivity contribution < 1.29 is 4.79 Å². The van der Waals surface area contributed by atoms with E-state index in [9.17, 15) is 4.79 Å². The molecule has 0 bridgehead atoms. The Kier molecular flexibility index (Phi) is 6.06. The van der Waals surface area contributed by atoms with E-state index in [4.69, 9.17) is 11.6 Å². The van der Waals surface area contributed by atoms with Crippen molar-refractivity contribution in [2.24, 2.45) is 0 Å². The van der Waals surface area contributed by atoms with Crippen LogP contribution in [0.15, 0.2) is 48.5 Å². The number of amides is 1. The topological polar surface area (TPSA) is 44.4 Å². The summed E-state index contributed by atoms with van der Waals surface area (Å²) in [5.74, 6) is 0.474. The lowest BCUT2D eigenvalue weighted by Crippen LogP contribution is -2.62. The molecule has 2 saturated heterocycles. The van der Waals surface area contributed by atoms with Gasteiger partial charge in [0, 0.05) is 41.7 Å². The molecule has 5 heteroatoms. The lowest BCUT2D eigenvalue weighted by Gasteiger charge is -2.46. The normalized spacial score (nSPS) is 23.0. The molecule has 2 aliphatic rings. The Morgan fingerprint density at radius 3 is 2.39 bits per heavy atom. The van der Waals surface area contributed by atoms with E-state index in [2.05, 4.69) is 73.6 Å². The van der Waals surface area contributed by atoms with Crippen LogP contribution >= 0.6 is 11.6 Å². The predicted molar refractivity (Wildman–Crippen MR) is 129 cm³/mol. The number of nitrogens with one attached hydrogen (secondary N) is 2. The highest BCUT2D eigenvalue weighted by molar-refractivity contribution is 6.33. The second-order valence-electron chi connectivity index (χ2n) is 10.5. The number of hydrogen-bond donors (Lipinski definition) is 2. The molecular weight excluding hydrogens is 406 g/mol. The van der Waals surface area contributed by atoms with Crippen molar-refractivity contribution in [3.05, 3.63) is 64.7 Å². The summed E-state index contributed by atoms with van der Waals surface area (Å²) in [5.41, 5.74) is 3.01. The molecule has 4 rings (SSSR count). The van der Waals surface area contributed by atoms with Gasteiger partial charge in [0.1, 0.15) is 0 Å².